The second-order valence-electron chi connectivity index (χ2n) is 5.85. The van der Waals surface area contributed by atoms with Crippen LogP contribution in [0.25, 0.3) is 21.6 Å². The fourth-order valence-electron chi connectivity index (χ4n) is 2.70. The minimum absolute atomic E-state index is 0.148. The predicted octanol–water partition coefficient (Wildman–Crippen LogP) is 3.11. The SMILES string of the molecule is COC1=CC(=Cc2c(N)n3nc(-c4ccccc4Cl)sc3nc2=O)C=CC1=O. The summed E-state index contributed by atoms with van der Waals surface area (Å²) in [4.78, 5) is 28.6. The first kappa shape index (κ1) is 18.1. The molecular weight excluding hydrogens is 400 g/mol. The average Bonchev–Trinajstić information content (AvgIpc) is 3.10. The maximum absolute atomic E-state index is 12.5. The molecule has 2 N–H and O–H groups in total. The molecule has 0 amide bonds. The van der Waals surface area contributed by atoms with E-state index in [2.05, 4.69) is 10.1 Å². The van der Waals surface area contributed by atoms with Gasteiger partial charge in [-0.25, -0.2) is 0 Å². The molecule has 0 radical (unpaired) electrons. The minimum Gasteiger partial charge on any atom is -0.493 e. The zero-order chi connectivity index (χ0) is 19.8. The zero-order valence-corrected chi connectivity index (χ0v) is 16.1. The highest BCUT2D eigenvalue weighted by atomic mass is 35.5. The molecule has 9 heteroatoms. The first-order valence-corrected chi connectivity index (χ1v) is 9.31. The molecule has 0 fully saturated rings. The third kappa shape index (κ3) is 3.12. The van der Waals surface area contributed by atoms with E-state index in [0.717, 1.165) is 5.56 Å². The van der Waals surface area contributed by atoms with E-state index in [1.54, 1.807) is 18.2 Å². The van der Waals surface area contributed by atoms with Crippen molar-refractivity contribution in [2.24, 2.45) is 0 Å². The highest BCUT2D eigenvalue weighted by molar-refractivity contribution is 7.19. The van der Waals surface area contributed by atoms with Gasteiger partial charge in [0.15, 0.2) is 5.76 Å². The van der Waals surface area contributed by atoms with Gasteiger partial charge in [0.2, 0.25) is 10.7 Å². The highest BCUT2D eigenvalue weighted by Crippen LogP contribution is 2.31. The lowest BCUT2D eigenvalue weighted by Crippen LogP contribution is -2.17. The summed E-state index contributed by atoms with van der Waals surface area (Å²) in [6, 6.07) is 7.26. The first-order chi connectivity index (χ1) is 13.5. The molecule has 7 nitrogen and oxygen atoms in total. The maximum Gasteiger partial charge on any atom is 0.283 e. The van der Waals surface area contributed by atoms with Gasteiger partial charge in [-0.2, -0.15) is 14.6 Å². The van der Waals surface area contributed by atoms with Crippen molar-refractivity contribution >= 4 is 45.6 Å². The molecule has 0 saturated heterocycles. The molecule has 1 aliphatic carbocycles. The van der Waals surface area contributed by atoms with Gasteiger partial charge < -0.3 is 10.5 Å². The fourth-order valence-corrected chi connectivity index (χ4v) is 3.92. The van der Waals surface area contributed by atoms with Gasteiger partial charge in [-0.1, -0.05) is 47.2 Å². The summed E-state index contributed by atoms with van der Waals surface area (Å²) in [6.45, 7) is 0. The van der Waals surface area contributed by atoms with Gasteiger partial charge in [0, 0.05) is 5.56 Å². The van der Waals surface area contributed by atoms with Gasteiger partial charge >= 0.3 is 0 Å². The molecule has 2 heterocycles. The summed E-state index contributed by atoms with van der Waals surface area (Å²) in [5.74, 6) is 0.0765. The number of carbonyl (C=O) groups is 1. The van der Waals surface area contributed by atoms with E-state index in [1.165, 1.54) is 35.1 Å². The van der Waals surface area contributed by atoms with Gasteiger partial charge in [-0.15, -0.1) is 0 Å². The normalized spacial score (nSPS) is 15.3. The zero-order valence-electron chi connectivity index (χ0n) is 14.5. The van der Waals surface area contributed by atoms with E-state index in [4.69, 9.17) is 22.1 Å². The summed E-state index contributed by atoms with van der Waals surface area (Å²) in [7, 11) is 1.41. The van der Waals surface area contributed by atoms with Crippen LogP contribution in [0, 0.1) is 0 Å². The molecule has 1 aliphatic rings. The molecule has 1 aromatic carbocycles. The van der Waals surface area contributed by atoms with E-state index in [9.17, 15) is 9.59 Å². The Morgan fingerprint density at radius 1 is 1.25 bits per heavy atom. The number of anilines is 1. The number of hydrogen-bond donors (Lipinski definition) is 1. The van der Waals surface area contributed by atoms with Crippen LogP contribution in [0.1, 0.15) is 5.56 Å². The van der Waals surface area contributed by atoms with Crippen molar-refractivity contribution in [2.75, 3.05) is 12.8 Å². The van der Waals surface area contributed by atoms with E-state index < -0.39 is 5.56 Å². The Kier molecular flexibility index (Phi) is 4.58. The Labute approximate surface area is 168 Å². The monoisotopic (exact) mass is 412 g/mol. The number of rotatable bonds is 3. The summed E-state index contributed by atoms with van der Waals surface area (Å²) in [6.07, 6.45) is 6.03. The second kappa shape index (κ2) is 7.06. The smallest absolute Gasteiger partial charge is 0.283 e. The van der Waals surface area contributed by atoms with Crippen LogP contribution in [-0.4, -0.2) is 27.5 Å². The van der Waals surface area contributed by atoms with Gasteiger partial charge in [0.05, 0.1) is 17.7 Å². The number of ketones is 1. The molecular formula is C19H13ClN4O3S. The molecule has 0 atom stereocenters. The Balaban J connectivity index is 1.86. The molecule has 28 heavy (non-hydrogen) atoms. The van der Waals surface area contributed by atoms with Crippen molar-refractivity contribution in [3.8, 4) is 10.6 Å². The molecule has 0 spiro atoms. The topological polar surface area (TPSA) is 99.6 Å². The van der Waals surface area contributed by atoms with E-state index in [0.29, 0.717) is 20.6 Å². The molecule has 2 aromatic heterocycles. The predicted molar refractivity (Wildman–Crippen MR) is 109 cm³/mol. The molecule has 0 bridgehead atoms. The fraction of sp³-hybridized carbons (Fsp3) is 0.0526. The van der Waals surface area contributed by atoms with Crippen LogP contribution in [0.5, 0.6) is 0 Å². The lowest BCUT2D eigenvalue weighted by atomic mass is 10.0. The number of ether oxygens (including phenoxy) is 1. The molecule has 3 aromatic rings. The average molecular weight is 413 g/mol. The summed E-state index contributed by atoms with van der Waals surface area (Å²) < 4.78 is 6.44. The number of hydrogen-bond acceptors (Lipinski definition) is 7. The Morgan fingerprint density at radius 3 is 2.79 bits per heavy atom. The van der Waals surface area contributed by atoms with Crippen LogP contribution in [0.15, 0.2) is 58.6 Å². The number of benzene rings is 1. The van der Waals surface area contributed by atoms with E-state index in [1.807, 2.05) is 18.2 Å². The molecule has 0 aliphatic heterocycles. The number of halogens is 1. The summed E-state index contributed by atoms with van der Waals surface area (Å²) in [5.41, 5.74) is 7.21. The van der Waals surface area contributed by atoms with Crippen molar-refractivity contribution < 1.29 is 9.53 Å². The molecule has 4 rings (SSSR count). The number of methoxy groups -OCH3 is 1. The van der Waals surface area contributed by atoms with Gasteiger partial charge in [0.25, 0.3) is 5.56 Å². The molecule has 0 unspecified atom stereocenters. The van der Waals surface area contributed by atoms with Crippen LogP contribution in [0.4, 0.5) is 5.82 Å². The first-order valence-electron chi connectivity index (χ1n) is 8.12. The van der Waals surface area contributed by atoms with E-state index in [-0.39, 0.29) is 22.9 Å². The van der Waals surface area contributed by atoms with Crippen LogP contribution in [-0.2, 0) is 9.53 Å². The lowest BCUT2D eigenvalue weighted by Gasteiger charge is -2.08. The van der Waals surface area contributed by atoms with Crippen molar-refractivity contribution in [3.63, 3.8) is 0 Å². The Hall–Kier alpha value is -3.23. The standard InChI is InChI=1S/C19H13ClN4O3S/c1-27-15-9-10(6-7-14(15)25)8-12-16(21)24-19(22-17(12)26)28-18(23-24)11-4-2-3-5-13(11)20/h2-9H,21H2,1H3. The van der Waals surface area contributed by atoms with Crippen LogP contribution in [0.2, 0.25) is 5.02 Å². The lowest BCUT2D eigenvalue weighted by molar-refractivity contribution is -0.114. The van der Waals surface area contributed by atoms with Gasteiger partial charge in [-0.3, -0.25) is 9.59 Å². The van der Waals surface area contributed by atoms with Crippen LogP contribution >= 0.6 is 22.9 Å². The number of nitrogen functional groups attached to an aromatic ring is 1. The highest BCUT2D eigenvalue weighted by Gasteiger charge is 2.17. The Bertz CT molecular complexity index is 1270. The minimum atomic E-state index is -0.489. The van der Waals surface area contributed by atoms with Crippen molar-refractivity contribution in [1.82, 2.24) is 14.6 Å². The Morgan fingerprint density at radius 2 is 2.04 bits per heavy atom. The number of allylic oxidation sites excluding steroid dienone is 4. The van der Waals surface area contributed by atoms with Crippen LogP contribution in [0.3, 0.4) is 0 Å². The van der Waals surface area contributed by atoms with E-state index >= 15 is 0 Å². The third-order valence-corrected chi connectivity index (χ3v) is 5.37. The van der Waals surface area contributed by atoms with Crippen molar-refractivity contribution in [1.29, 1.82) is 0 Å². The number of nitrogens with two attached hydrogens (primary N) is 1. The summed E-state index contributed by atoms with van der Waals surface area (Å²) in [5, 5.41) is 5.60. The quantitative estimate of drug-likeness (QED) is 0.709. The second-order valence-corrected chi connectivity index (χ2v) is 7.22. The van der Waals surface area contributed by atoms with Gasteiger partial charge in [0.1, 0.15) is 10.8 Å². The van der Waals surface area contributed by atoms with Gasteiger partial charge in [-0.05, 0) is 29.9 Å². The number of aromatic nitrogens is 3. The number of carbonyl (C=O) groups excluding carboxylic acids is 1. The molecule has 140 valence electrons. The number of fused-ring (bicyclic) bond motifs is 1. The third-order valence-electron chi connectivity index (χ3n) is 4.09. The van der Waals surface area contributed by atoms with Crippen molar-refractivity contribution in [3.05, 3.63) is 74.8 Å². The van der Waals surface area contributed by atoms with Crippen LogP contribution < -0.4 is 11.3 Å². The largest absolute Gasteiger partial charge is 0.493 e. The number of nitrogens with zero attached hydrogens (tertiary/aromatic N) is 3. The van der Waals surface area contributed by atoms with Crippen molar-refractivity contribution in [2.45, 2.75) is 0 Å². The molecule has 0 saturated carbocycles. The maximum atomic E-state index is 12.5. The summed E-state index contributed by atoms with van der Waals surface area (Å²) >= 11 is 7.45.